The van der Waals surface area contributed by atoms with Gasteiger partial charge >= 0.3 is 6.18 Å². The molecule has 0 saturated carbocycles. The van der Waals surface area contributed by atoms with Crippen LogP contribution in [0.2, 0.25) is 0 Å². The molecule has 1 atom stereocenters. The molecule has 8 heteroatoms. The number of hydrogen-bond acceptors (Lipinski definition) is 3. The van der Waals surface area contributed by atoms with Crippen LogP contribution in [0.4, 0.5) is 13.2 Å². The molecular weight excluding hydrogens is 333 g/mol. The predicted octanol–water partition coefficient (Wildman–Crippen LogP) is 3.14. The normalized spacial score (nSPS) is 13.7. The molecule has 1 rings (SSSR count). The number of rotatable bonds is 7. The SMILES string of the molecule is CCCC(C)(N)C(=O)NCCOc1cccc(C(F)(F)F)c1.Cl. The zero-order chi connectivity index (χ0) is 16.8. The van der Waals surface area contributed by atoms with Gasteiger partial charge in [-0.25, -0.2) is 0 Å². The number of benzene rings is 1. The van der Waals surface area contributed by atoms with E-state index in [9.17, 15) is 18.0 Å². The number of carbonyl (C=O) groups is 1. The molecule has 0 saturated heterocycles. The second kappa shape index (κ2) is 8.98. The number of halogens is 4. The van der Waals surface area contributed by atoms with Gasteiger partial charge in [0.15, 0.2) is 0 Å². The molecule has 23 heavy (non-hydrogen) atoms. The van der Waals surface area contributed by atoms with Crippen LogP contribution in [0.15, 0.2) is 24.3 Å². The molecule has 0 radical (unpaired) electrons. The smallest absolute Gasteiger partial charge is 0.416 e. The van der Waals surface area contributed by atoms with Gasteiger partial charge in [-0.05, 0) is 31.5 Å². The Hall–Kier alpha value is -1.47. The van der Waals surface area contributed by atoms with Crippen LogP contribution in [0.25, 0.3) is 0 Å². The van der Waals surface area contributed by atoms with Crippen LogP contribution < -0.4 is 15.8 Å². The average molecular weight is 355 g/mol. The Kier molecular flexibility index (Phi) is 8.41. The maximum atomic E-state index is 12.5. The Morgan fingerprint density at radius 3 is 2.57 bits per heavy atom. The van der Waals surface area contributed by atoms with E-state index in [4.69, 9.17) is 10.5 Å². The fourth-order valence-corrected chi connectivity index (χ4v) is 1.93. The largest absolute Gasteiger partial charge is 0.492 e. The van der Waals surface area contributed by atoms with E-state index < -0.39 is 17.3 Å². The number of alkyl halides is 3. The van der Waals surface area contributed by atoms with Crippen molar-refractivity contribution in [2.75, 3.05) is 13.2 Å². The maximum absolute atomic E-state index is 12.5. The molecule has 1 unspecified atom stereocenters. The quantitative estimate of drug-likeness (QED) is 0.739. The van der Waals surface area contributed by atoms with E-state index >= 15 is 0 Å². The lowest BCUT2D eigenvalue weighted by molar-refractivity contribution is -0.137. The molecule has 4 nitrogen and oxygen atoms in total. The summed E-state index contributed by atoms with van der Waals surface area (Å²) in [5.41, 5.74) is 4.13. The molecule has 1 aromatic carbocycles. The van der Waals surface area contributed by atoms with Gasteiger partial charge in [0, 0.05) is 0 Å². The molecular formula is C15H22ClF3N2O2. The van der Waals surface area contributed by atoms with Gasteiger partial charge < -0.3 is 15.8 Å². The van der Waals surface area contributed by atoms with E-state index in [-0.39, 0.29) is 37.2 Å². The van der Waals surface area contributed by atoms with Gasteiger partial charge in [0.1, 0.15) is 12.4 Å². The molecule has 3 N–H and O–H groups in total. The Balaban J connectivity index is 0.00000484. The van der Waals surface area contributed by atoms with Crippen LogP contribution in [-0.4, -0.2) is 24.6 Å². The summed E-state index contributed by atoms with van der Waals surface area (Å²) < 4.78 is 42.8. The average Bonchev–Trinajstić information content (AvgIpc) is 2.42. The van der Waals surface area contributed by atoms with Crippen molar-refractivity contribution in [1.82, 2.24) is 5.32 Å². The van der Waals surface area contributed by atoms with Crippen LogP contribution in [0.3, 0.4) is 0 Å². The van der Waals surface area contributed by atoms with Gasteiger partial charge in [-0.3, -0.25) is 4.79 Å². The van der Waals surface area contributed by atoms with Crippen molar-refractivity contribution >= 4 is 18.3 Å². The Labute approximate surface area is 140 Å². The van der Waals surface area contributed by atoms with Crippen molar-refractivity contribution in [3.05, 3.63) is 29.8 Å². The Morgan fingerprint density at radius 1 is 1.35 bits per heavy atom. The number of ether oxygens (including phenoxy) is 1. The summed E-state index contributed by atoms with van der Waals surface area (Å²) in [6.07, 6.45) is -3.08. The summed E-state index contributed by atoms with van der Waals surface area (Å²) in [4.78, 5) is 11.8. The molecule has 132 valence electrons. The van der Waals surface area contributed by atoms with Gasteiger partial charge in [0.05, 0.1) is 17.6 Å². The van der Waals surface area contributed by atoms with Gasteiger partial charge in [-0.1, -0.05) is 19.4 Å². The van der Waals surface area contributed by atoms with Gasteiger partial charge in [-0.15, -0.1) is 12.4 Å². The van der Waals surface area contributed by atoms with E-state index in [1.807, 2.05) is 6.92 Å². The second-order valence-corrected chi connectivity index (χ2v) is 5.30. The first-order chi connectivity index (χ1) is 10.2. The van der Waals surface area contributed by atoms with Crippen LogP contribution in [0.1, 0.15) is 32.3 Å². The summed E-state index contributed by atoms with van der Waals surface area (Å²) >= 11 is 0. The standard InChI is InChI=1S/C15H21F3N2O2.ClH/c1-3-7-14(2,19)13(21)20-8-9-22-12-6-4-5-11(10-12)15(16,17)18;/h4-6,10H,3,7-9,19H2,1-2H3,(H,20,21);1H. The minimum Gasteiger partial charge on any atom is -0.492 e. The van der Waals surface area contributed by atoms with Gasteiger partial charge in [-0.2, -0.15) is 13.2 Å². The zero-order valence-corrected chi connectivity index (χ0v) is 13.9. The molecule has 0 heterocycles. The first kappa shape index (κ1) is 21.5. The van der Waals surface area contributed by atoms with Crippen molar-refractivity contribution in [3.63, 3.8) is 0 Å². The van der Waals surface area contributed by atoms with Crippen molar-refractivity contribution in [3.8, 4) is 5.75 Å². The maximum Gasteiger partial charge on any atom is 0.416 e. The Morgan fingerprint density at radius 2 is 2.00 bits per heavy atom. The van der Waals surface area contributed by atoms with Crippen molar-refractivity contribution in [2.45, 2.75) is 38.4 Å². The highest BCUT2D eigenvalue weighted by molar-refractivity contribution is 5.85. The molecule has 0 aliphatic carbocycles. The van der Waals surface area contributed by atoms with E-state index in [2.05, 4.69) is 5.32 Å². The number of carbonyl (C=O) groups excluding carboxylic acids is 1. The van der Waals surface area contributed by atoms with Crippen LogP contribution in [0, 0.1) is 0 Å². The summed E-state index contributed by atoms with van der Waals surface area (Å²) in [5, 5.41) is 2.61. The molecule has 1 amide bonds. The summed E-state index contributed by atoms with van der Waals surface area (Å²) in [6, 6.07) is 4.60. The molecule has 0 bridgehead atoms. The van der Waals surface area contributed by atoms with E-state index in [0.717, 1.165) is 18.6 Å². The van der Waals surface area contributed by atoms with Gasteiger partial charge in [0.2, 0.25) is 5.91 Å². The fourth-order valence-electron chi connectivity index (χ4n) is 1.93. The molecule has 0 aromatic heterocycles. The lowest BCUT2D eigenvalue weighted by Crippen LogP contribution is -2.52. The zero-order valence-electron chi connectivity index (χ0n) is 13.1. The summed E-state index contributed by atoms with van der Waals surface area (Å²) in [7, 11) is 0. The van der Waals surface area contributed by atoms with E-state index in [0.29, 0.717) is 6.42 Å². The van der Waals surface area contributed by atoms with E-state index in [1.165, 1.54) is 12.1 Å². The first-order valence-electron chi connectivity index (χ1n) is 7.04. The fraction of sp³-hybridized carbons (Fsp3) is 0.533. The molecule has 0 aliphatic rings. The van der Waals surface area contributed by atoms with Crippen LogP contribution in [-0.2, 0) is 11.0 Å². The summed E-state index contributed by atoms with van der Waals surface area (Å²) in [5.74, 6) is -0.199. The minimum atomic E-state index is -4.41. The number of amides is 1. The third kappa shape index (κ3) is 7.09. The lowest BCUT2D eigenvalue weighted by atomic mass is 9.97. The summed E-state index contributed by atoms with van der Waals surface area (Å²) in [6.45, 7) is 3.80. The van der Waals surface area contributed by atoms with Crippen molar-refractivity contribution < 1.29 is 22.7 Å². The highest BCUT2D eigenvalue weighted by atomic mass is 35.5. The molecule has 0 fully saturated rings. The topological polar surface area (TPSA) is 64.4 Å². The minimum absolute atomic E-state index is 0. The molecule has 1 aromatic rings. The van der Waals surface area contributed by atoms with E-state index in [1.54, 1.807) is 6.92 Å². The number of nitrogens with one attached hydrogen (secondary N) is 1. The first-order valence-corrected chi connectivity index (χ1v) is 7.04. The van der Waals surface area contributed by atoms with Crippen molar-refractivity contribution in [2.24, 2.45) is 5.73 Å². The van der Waals surface area contributed by atoms with Gasteiger partial charge in [0.25, 0.3) is 0 Å². The van der Waals surface area contributed by atoms with Crippen LogP contribution in [0.5, 0.6) is 5.75 Å². The molecule has 0 aliphatic heterocycles. The predicted molar refractivity (Wildman–Crippen MR) is 84.7 cm³/mol. The second-order valence-electron chi connectivity index (χ2n) is 5.30. The third-order valence-electron chi connectivity index (χ3n) is 3.11. The highest BCUT2D eigenvalue weighted by Crippen LogP contribution is 2.31. The molecule has 0 spiro atoms. The monoisotopic (exact) mass is 354 g/mol. The third-order valence-corrected chi connectivity index (χ3v) is 3.11. The Bertz CT molecular complexity index is 508. The number of hydrogen-bond donors (Lipinski definition) is 2. The lowest BCUT2D eigenvalue weighted by Gasteiger charge is -2.22. The highest BCUT2D eigenvalue weighted by Gasteiger charge is 2.30. The number of nitrogens with two attached hydrogens (primary N) is 1. The van der Waals surface area contributed by atoms with Crippen LogP contribution >= 0.6 is 12.4 Å². The van der Waals surface area contributed by atoms with Crippen molar-refractivity contribution in [1.29, 1.82) is 0 Å².